The van der Waals surface area contributed by atoms with Crippen molar-refractivity contribution < 1.29 is 9.53 Å². The largest absolute Gasteiger partial charge is 0.384 e. The molecule has 0 saturated heterocycles. The molecule has 4 heteroatoms. The van der Waals surface area contributed by atoms with Crippen LogP contribution in [0.2, 0.25) is 0 Å². The van der Waals surface area contributed by atoms with Crippen molar-refractivity contribution in [1.29, 1.82) is 0 Å². The van der Waals surface area contributed by atoms with Crippen LogP contribution in [0.3, 0.4) is 0 Å². The Bertz CT molecular complexity index is 76.4. The predicted molar refractivity (Wildman–Crippen MR) is 38.7 cm³/mol. The monoisotopic (exact) mass is 229 g/mol. The van der Waals surface area contributed by atoms with E-state index in [1.54, 1.807) is 30.0 Å². The Morgan fingerprint density at radius 2 is 2.50 bits per heavy atom. The lowest BCUT2D eigenvalue weighted by atomic mass is 10.4. The molecule has 3 nitrogen and oxygen atoms in total. The van der Waals surface area contributed by atoms with Crippen LogP contribution in [0, 0.1) is 0 Å². The van der Waals surface area contributed by atoms with Crippen LogP contribution in [0.15, 0.2) is 0 Å². The van der Waals surface area contributed by atoms with Gasteiger partial charge in [-0.2, -0.15) is 0 Å². The van der Waals surface area contributed by atoms with E-state index in [4.69, 9.17) is 0 Å². The van der Waals surface area contributed by atoms with Gasteiger partial charge in [-0.25, -0.2) is 0 Å². The molecule has 0 spiro atoms. The first-order chi connectivity index (χ1) is 3.81. The Balaban J connectivity index is 2.99. The molecule has 0 heterocycles. The number of carbonyl (C=O) groups is 1. The van der Waals surface area contributed by atoms with Crippen molar-refractivity contribution in [1.82, 2.24) is 3.53 Å². The summed E-state index contributed by atoms with van der Waals surface area (Å²) >= 11 is 1.80. The standard InChI is InChI=1S/C4H8INO2/c1-8-3-2-4(7)6-5/h2-3H2,1H3,(H,6,7). The maximum absolute atomic E-state index is 10.4. The highest BCUT2D eigenvalue weighted by Crippen LogP contribution is 1.81. The van der Waals surface area contributed by atoms with Gasteiger partial charge in [0.2, 0.25) is 5.91 Å². The predicted octanol–water partition coefficient (Wildman–Crippen LogP) is 0.489. The molecule has 0 bridgehead atoms. The van der Waals surface area contributed by atoms with E-state index >= 15 is 0 Å². The van der Waals surface area contributed by atoms with E-state index < -0.39 is 0 Å². The Labute approximate surface area is 62.3 Å². The number of hydrogen-bond acceptors (Lipinski definition) is 2. The molecule has 0 atom stereocenters. The summed E-state index contributed by atoms with van der Waals surface area (Å²) < 4.78 is 7.10. The highest BCUT2D eigenvalue weighted by atomic mass is 127. The minimum absolute atomic E-state index is 0.00690. The number of nitrogens with one attached hydrogen (secondary N) is 1. The van der Waals surface area contributed by atoms with Crippen molar-refractivity contribution in [3.05, 3.63) is 0 Å². The fourth-order valence-electron chi connectivity index (χ4n) is 0.242. The molecule has 0 unspecified atom stereocenters. The smallest absolute Gasteiger partial charge is 0.230 e. The third kappa shape index (κ3) is 4.32. The van der Waals surface area contributed by atoms with Crippen LogP contribution < -0.4 is 3.53 Å². The summed E-state index contributed by atoms with van der Waals surface area (Å²) in [6, 6.07) is 0. The minimum atomic E-state index is 0.00690. The third-order valence-electron chi connectivity index (χ3n) is 0.639. The molecule has 1 N–H and O–H groups in total. The Hall–Kier alpha value is 0.160. The van der Waals surface area contributed by atoms with Crippen LogP contribution in [0.25, 0.3) is 0 Å². The van der Waals surface area contributed by atoms with Crippen molar-refractivity contribution in [2.24, 2.45) is 0 Å². The number of amides is 1. The highest BCUT2D eigenvalue weighted by molar-refractivity contribution is 14.1. The van der Waals surface area contributed by atoms with Gasteiger partial charge in [-0.05, 0) is 0 Å². The first-order valence-corrected chi connectivity index (χ1v) is 3.27. The topological polar surface area (TPSA) is 38.3 Å². The van der Waals surface area contributed by atoms with E-state index in [2.05, 4.69) is 8.27 Å². The summed E-state index contributed by atoms with van der Waals surface area (Å²) in [5.74, 6) is 0.00690. The lowest BCUT2D eigenvalue weighted by Gasteiger charge is -1.93. The Kier molecular flexibility index (Phi) is 5.41. The second-order valence-electron chi connectivity index (χ2n) is 1.26. The van der Waals surface area contributed by atoms with E-state index in [1.807, 2.05) is 0 Å². The average molecular weight is 229 g/mol. The molecular weight excluding hydrogens is 221 g/mol. The molecule has 0 fully saturated rings. The van der Waals surface area contributed by atoms with E-state index in [9.17, 15) is 4.79 Å². The van der Waals surface area contributed by atoms with Gasteiger partial charge in [-0.1, -0.05) is 0 Å². The van der Waals surface area contributed by atoms with E-state index in [1.165, 1.54) is 0 Å². The normalized spacial score (nSPS) is 8.75. The number of rotatable bonds is 3. The third-order valence-corrected chi connectivity index (χ3v) is 1.24. The van der Waals surface area contributed by atoms with Gasteiger partial charge in [0.05, 0.1) is 35.9 Å². The summed E-state index contributed by atoms with van der Waals surface area (Å²) in [7, 11) is 1.57. The maximum Gasteiger partial charge on any atom is 0.230 e. The molecule has 0 aliphatic heterocycles. The van der Waals surface area contributed by atoms with Crippen LogP contribution in [0.5, 0.6) is 0 Å². The second kappa shape index (κ2) is 5.30. The Morgan fingerprint density at radius 3 is 2.88 bits per heavy atom. The van der Waals surface area contributed by atoms with Gasteiger partial charge >= 0.3 is 0 Å². The van der Waals surface area contributed by atoms with Gasteiger partial charge in [-0.3, -0.25) is 8.32 Å². The minimum Gasteiger partial charge on any atom is -0.384 e. The number of ether oxygens (including phenoxy) is 1. The van der Waals surface area contributed by atoms with Gasteiger partial charge in [0.25, 0.3) is 0 Å². The first-order valence-electron chi connectivity index (χ1n) is 2.19. The lowest BCUT2D eigenvalue weighted by Crippen LogP contribution is -2.13. The molecule has 8 heavy (non-hydrogen) atoms. The fraction of sp³-hybridized carbons (Fsp3) is 0.750. The first kappa shape index (κ1) is 8.16. The van der Waals surface area contributed by atoms with Crippen LogP contribution >= 0.6 is 22.9 Å². The van der Waals surface area contributed by atoms with Gasteiger partial charge in [0, 0.05) is 7.11 Å². The molecule has 1 amide bonds. The maximum atomic E-state index is 10.4. The van der Waals surface area contributed by atoms with Crippen molar-refractivity contribution in [2.75, 3.05) is 13.7 Å². The molecule has 48 valence electrons. The van der Waals surface area contributed by atoms with Gasteiger partial charge in [-0.15, -0.1) is 0 Å². The summed E-state index contributed by atoms with van der Waals surface area (Å²) in [6.45, 7) is 0.495. The van der Waals surface area contributed by atoms with Crippen molar-refractivity contribution in [3.8, 4) is 0 Å². The van der Waals surface area contributed by atoms with Crippen molar-refractivity contribution >= 4 is 28.8 Å². The zero-order valence-corrected chi connectivity index (χ0v) is 6.77. The number of halogens is 1. The van der Waals surface area contributed by atoms with Gasteiger partial charge in [0.15, 0.2) is 0 Å². The van der Waals surface area contributed by atoms with Crippen molar-refractivity contribution in [3.63, 3.8) is 0 Å². The van der Waals surface area contributed by atoms with Crippen LogP contribution in [0.1, 0.15) is 6.42 Å². The molecule has 0 aromatic carbocycles. The van der Waals surface area contributed by atoms with Gasteiger partial charge in [0.1, 0.15) is 0 Å². The number of carbonyl (C=O) groups excluding carboxylic acids is 1. The SMILES string of the molecule is COCCC(=O)NI. The van der Waals surface area contributed by atoms with Crippen LogP contribution in [-0.2, 0) is 9.53 Å². The quantitative estimate of drug-likeness (QED) is 0.564. The van der Waals surface area contributed by atoms with Crippen LogP contribution in [0.4, 0.5) is 0 Å². The Morgan fingerprint density at radius 1 is 1.88 bits per heavy atom. The number of methoxy groups -OCH3 is 1. The highest BCUT2D eigenvalue weighted by Gasteiger charge is 1.94. The average Bonchev–Trinajstić information content (AvgIpc) is 1.83. The fourth-order valence-corrected chi connectivity index (χ4v) is 0.512. The zero-order valence-electron chi connectivity index (χ0n) is 4.61. The molecule has 0 aliphatic carbocycles. The number of hydrogen-bond donors (Lipinski definition) is 1. The molecule has 0 saturated carbocycles. The summed E-state index contributed by atoms with van der Waals surface area (Å²) in [5, 5.41) is 0. The van der Waals surface area contributed by atoms with E-state index in [0.29, 0.717) is 13.0 Å². The molecule has 0 aromatic rings. The molecule has 0 aromatic heterocycles. The summed E-state index contributed by atoms with van der Waals surface area (Å²) in [6.07, 6.45) is 0.444. The summed E-state index contributed by atoms with van der Waals surface area (Å²) in [4.78, 5) is 10.4. The molecule has 0 aliphatic rings. The van der Waals surface area contributed by atoms with E-state index in [-0.39, 0.29) is 5.91 Å². The lowest BCUT2D eigenvalue weighted by molar-refractivity contribution is -0.119. The van der Waals surface area contributed by atoms with E-state index in [0.717, 1.165) is 0 Å². The second-order valence-corrected chi connectivity index (χ2v) is 1.80. The molecule has 0 radical (unpaired) electrons. The molecular formula is C4H8INO2. The van der Waals surface area contributed by atoms with Crippen molar-refractivity contribution in [2.45, 2.75) is 6.42 Å². The summed E-state index contributed by atoms with van der Waals surface area (Å²) in [5.41, 5.74) is 0. The van der Waals surface area contributed by atoms with Gasteiger partial charge < -0.3 is 4.74 Å². The van der Waals surface area contributed by atoms with Crippen LogP contribution in [-0.4, -0.2) is 19.6 Å². The zero-order chi connectivity index (χ0) is 6.41. The molecule has 0 rings (SSSR count).